The van der Waals surface area contributed by atoms with Crippen LogP contribution in [0.5, 0.6) is 0 Å². The summed E-state index contributed by atoms with van der Waals surface area (Å²) in [6.07, 6.45) is -1.31. The number of aromatic nitrogens is 2. The Labute approximate surface area is 103 Å². The van der Waals surface area contributed by atoms with Crippen LogP contribution in [0.4, 0.5) is 4.79 Å². The fraction of sp³-hybridized carbons (Fsp3) is 0. The smallest absolute Gasteiger partial charge is 0.432 e. The third-order valence-corrected chi connectivity index (χ3v) is 2.70. The molecule has 0 aliphatic heterocycles. The molecule has 6 nitrogen and oxygen atoms in total. The van der Waals surface area contributed by atoms with Crippen molar-refractivity contribution in [1.29, 1.82) is 0 Å². The summed E-state index contributed by atoms with van der Waals surface area (Å²) in [5.41, 5.74) is 0.0150. The van der Waals surface area contributed by atoms with E-state index in [1.54, 1.807) is 12.1 Å². The van der Waals surface area contributed by atoms with Gasteiger partial charge >= 0.3 is 12.1 Å². The first-order valence-corrected chi connectivity index (χ1v) is 5.23. The summed E-state index contributed by atoms with van der Waals surface area (Å²) in [4.78, 5) is 21.7. The highest BCUT2D eigenvalue weighted by Gasteiger charge is 2.19. The van der Waals surface area contributed by atoms with Crippen molar-refractivity contribution in [3.63, 3.8) is 0 Å². The number of aromatic carboxylic acids is 1. The first-order chi connectivity index (χ1) is 7.50. The molecular weight excluding hydrogens is 327 g/mol. The van der Waals surface area contributed by atoms with Crippen molar-refractivity contribution in [2.75, 3.05) is 0 Å². The summed E-state index contributed by atoms with van der Waals surface area (Å²) in [6.45, 7) is 0. The van der Waals surface area contributed by atoms with E-state index in [0.717, 1.165) is 3.57 Å². The summed E-state index contributed by atoms with van der Waals surface area (Å²) in [7, 11) is 0. The van der Waals surface area contributed by atoms with E-state index in [2.05, 4.69) is 5.10 Å². The molecule has 1 aromatic heterocycles. The molecule has 0 saturated heterocycles. The molecule has 16 heavy (non-hydrogen) atoms. The molecule has 7 heteroatoms. The van der Waals surface area contributed by atoms with Crippen LogP contribution in [0.15, 0.2) is 18.2 Å². The summed E-state index contributed by atoms with van der Waals surface area (Å²) in [6, 6.07) is 4.81. The van der Waals surface area contributed by atoms with Gasteiger partial charge in [0.25, 0.3) is 0 Å². The van der Waals surface area contributed by atoms with Gasteiger partial charge in [0.2, 0.25) is 0 Å². The van der Waals surface area contributed by atoms with Crippen LogP contribution in [0.2, 0.25) is 0 Å². The highest BCUT2D eigenvalue weighted by molar-refractivity contribution is 14.1. The van der Waals surface area contributed by atoms with E-state index in [1.165, 1.54) is 6.07 Å². The zero-order valence-corrected chi connectivity index (χ0v) is 9.87. The Balaban J connectivity index is 2.87. The van der Waals surface area contributed by atoms with Gasteiger partial charge in [-0.05, 0) is 40.8 Å². The number of nitrogens with zero attached hydrogens (tertiary/aromatic N) is 2. The van der Waals surface area contributed by atoms with E-state index in [1.807, 2.05) is 22.6 Å². The second kappa shape index (κ2) is 3.74. The van der Waals surface area contributed by atoms with Gasteiger partial charge in [-0.3, -0.25) is 0 Å². The third-order valence-electron chi connectivity index (χ3n) is 2.03. The molecule has 2 aromatic rings. The molecule has 0 aliphatic carbocycles. The summed E-state index contributed by atoms with van der Waals surface area (Å²) in [5, 5.41) is 21.6. The maximum absolute atomic E-state index is 10.9. The number of fused-ring (bicyclic) bond motifs is 1. The van der Waals surface area contributed by atoms with Crippen molar-refractivity contribution in [1.82, 2.24) is 9.78 Å². The quantitative estimate of drug-likeness (QED) is 0.778. The largest absolute Gasteiger partial charge is 0.476 e. The van der Waals surface area contributed by atoms with Gasteiger partial charge in [0, 0.05) is 8.96 Å². The van der Waals surface area contributed by atoms with Crippen molar-refractivity contribution in [3.8, 4) is 0 Å². The monoisotopic (exact) mass is 332 g/mol. The number of hydrogen-bond acceptors (Lipinski definition) is 3. The average Bonchev–Trinajstić information content (AvgIpc) is 2.56. The van der Waals surface area contributed by atoms with Crippen molar-refractivity contribution < 1.29 is 19.8 Å². The van der Waals surface area contributed by atoms with Gasteiger partial charge in [-0.2, -0.15) is 9.78 Å². The van der Waals surface area contributed by atoms with Crippen molar-refractivity contribution >= 4 is 45.6 Å². The third kappa shape index (κ3) is 1.62. The Hall–Kier alpha value is -1.64. The minimum atomic E-state index is -1.31. The molecule has 0 atom stereocenters. The van der Waals surface area contributed by atoms with E-state index in [9.17, 15) is 9.59 Å². The molecule has 1 aromatic carbocycles. The molecular formula is C9H5IN2O4. The molecule has 0 unspecified atom stereocenters. The number of halogens is 1. The van der Waals surface area contributed by atoms with E-state index in [-0.39, 0.29) is 11.2 Å². The van der Waals surface area contributed by atoms with Crippen LogP contribution in [-0.2, 0) is 0 Å². The van der Waals surface area contributed by atoms with Crippen LogP contribution >= 0.6 is 22.6 Å². The molecule has 0 bridgehead atoms. The van der Waals surface area contributed by atoms with Gasteiger partial charge in [0.05, 0.1) is 5.52 Å². The molecule has 0 saturated carbocycles. The predicted octanol–water partition coefficient (Wildman–Crippen LogP) is 1.87. The summed E-state index contributed by atoms with van der Waals surface area (Å²) in [5.74, 6) is -1.24. The first-order valence-electron chi connectivity index (χ1n) is 4.15. The zero-order chi connectivity index (χ0) is 11.9. The van der Waals surface area contributed by atoms with Crippen LogP contribution in [0.1, 0.15) is 10.5 Å². The Morgan fingerprint density at radius 3 is 2.56 bits per heavy atom. The van der Waals surface area contributed by atoms with Gasteiger partial charge in [-0.15, -0.1) is 0 Å². The molecule has 2 N–H and O–H groups in total. The lowest BCUT2D eigenvalue weighted by atomic mass is 10.2. The van der Waals surface area contributed by atoms with Crippen molar-refractivity contribution in [2.45, 2.75) is 0 Å². The minimum Gasteiger partial charge on any atom is -0.476 e. The van der Waals surface area contributed by atoms with Crippen LogP contribution in [0.25, 0.3) is 10.9 Å². The molecule has 1 heterocycles. The van der Waals surface area contributed by atoms with Gasteiger partial charge < -0.3 is 10.2 Å². The second-order valence-corrected chi connectivity index (χ2v) is 4.26. The number of carbonyl (C=O) groups is 2. The topological polar surface area (TPSA) is 92.4 Å². The van der Waals surface area contributed by atoms with Crippen LogP contribution in [0.3, 0.4) is 0 Å². The predicted molar refractivity (Wildman–Crippen MR) is 62.8 cm³/mol. The van der Waals surface area contributed by atoms with E-state index in [4.69, 9.17) is 10.2 Å². The fourth-order valence-corrected chi connectivity index (χ4v) is 1.89. The molecule has 0 fully saturated rings. The maximum Gasteiger partial charge on any atom is 0.432 e. The first kappa shape index (κ1) is 10.9. The Kier molecular flexibility index (Phi) is 2.54. The second-order valence-electron chi connectivity index (χ2n) is 3.01. The van der Waals surface area contributed by atoms with Gasteiger partial charge in [-0.25, -0.2) is 9.59 Å². The number of hydrogen-bond donors (Lipinski definition) is 2. The number of benzene rings is 1. The average molecular weight is 332 g/mol. The van der Waals surface area contributed by atoms with Crippen LogP contribution in [0, 0.1) is 3.57 Å². The molecule has 0 spiro atoms. The van der Waals surface area contributed by atoms with E-state index in [0.29, 0.717) is 10.1 Å². The van der Waals surface area contributed by atoms with Gasteiger partial charge in [0.1, 0.15) is 0 Å². The molecule has 2 rings (SSSR count). The maximum atomic E-state index is 10.9. The Bertz CT molecular complexity index is 605. The van der Waals surface area contributed by atoms with Gasteiger partial charge in [0.15, 0.2) is 5.69 Å². The van der Waals surface area contributed by atoms with Crippen molar-refractivity contribution in [2.24, 2.45) is 0 Å². The Morgan fingerprint density at radius 2 is 2.00 bits per heavy atom. The van der Waals surface area contributed by atoms with Crippen LogP contribution in [-0.4, -0.2) is 32.1 Å². The van der Waals surface area contributed by atoms with Crippen LogP contribution < -0.4 is 0 Å². The normalized spacial score (nSPS) is 10.6. The number of carboxylic acid groups (broad SMARTS) is 2. The summed E-state index contributed by atoms with van der Waals surface area (Å²) < 4.78 is 1.48. The zero-order valence-electron chi connectivity index (χ0n) is 7.72. The van der Waals surface area contributed by atoms with E-state index >= 15 is 0 Å². The van der Waals surface area contributed by atoms with E-state index < -0.39 is 12.1 Å². The standard InChI is InChI=1S/C9H5IN2O4/c10-4-1-2-6-5(3-4)7(8(13)14)11-12(6)9(15)16/h1-3H,(H,13,14)(H,15,16). The minimum absolute atomic E-state index is 0.254. The number of rotatable bonds is 1. The fourth-order valence-electron chi connectivity index (χ4n) is 1.39. The lowest BCUT2D eigenvalue weighted by Crippen LogP contribution is -2.10. The highest BCUT2D eigenvalue weighted by Crippen LogP contribution is 2.21. The lowest BCUT2D eigenvalue weighted by molar-refractivity contribution is 0.0692. The van der Waals surface area contributed by atoms with Crippen molar-refractivity contribution in [3.05, 3.63) is 27.5 Å². The molecule has 0 aliphatic rings. The molecule has 0 amide bonds. The number of carboxylic acids is 1. The molecule has 82 valence electrons. The Morgan fingerprint density at radius 1 is 1.31 bits per heavy atom. The highest BCUT2D eigenvalue weighted by atomic mass is 127. The summed E-state index contributed by atoms with van der Waals surface area (Å²) >= 11 is 2.02. The molecule has 0 radical (unpaired) electrons. The van der Waals surface area contributed by atoms with Gasteiger partial charge in [-0.1, -0.05) is 0 Å². The lowest BCUT2D eigenvalue weighted by Gasteiger charge is -1.94. The SMILES string of the molecule is O=C(O)c1nn(C(=O)O)c2ccc(I)cc12.